The molecule has 2 heterocycles. The zero-order valence-electron chi connectivity index (χ0n) is 11.9. The molecule has 0 aliphatic carbocycles. The van der Waals surface area contributed by atoms with Gasteiger partial charge in [-0.1, -0.05) is 20.3 Å². The van der Waals surface area contributed by atoms with E-state index >= 15 is 0 Å². The van der Waals surface area contributed by atoms with Gasteiger partial charge in [0.15, 0.2) is 0 Å². The maximum atomic E-state index is 9.44. The predicted molar refractivity (Wildman–Crippen MR) is 74.8 cm³/mol. The van der Waals surface area contributed by atoms with Gasteiger partial charge in [0.25, 0.3) is 0 Å². The van der Waals surface area contributed by atoms with Crippen LogP contribution in [0.25, 0.3) is 0 Å². The fourth-order valence-corrected chi connectivity index (χ4v) is 3.33. The summed E-state index contributed by atoms with van der Waals surface area (Å²) in [5.41, 5.74) is 0. The van der Waals surface area contributed by atoms with Crippen molar-refractivity contribution in [3.8, 4) is 0 Å². The minimum Gasteiger partial charge on any atom is -0.395 e. The highest BCUT2D eigenvalue weighted by Crippen LogP contribution is 2.21. The first-order valence-corrected chi connectivity index (χ1v) is 7.52. The van der Waals surface area contributed by atoms with E-state index in [1.54, 1.807) is 0 Å². The van der Waals surface area contributed by atoms with E-state index in [1.165, 1.54) is 38.9 Å². The topological polar surface area (TPSA) is 38.7 Å². The third-order valence-corrected chi connectivity index (χ3v) is 4.19. The third kappa shape index (κ3) is 3.92. The minimum atomic E-state index is 0.222. The van der Waals surface area contributed by atoms with E-state index in [0.717, 1.165) is 19.1 Å². The Morgan fingerprint density at radius 3 is 2.78 bits per heavy atom. The van der Waals surface area contributed by atoms with Gasteiger partial charge < -0.3 is 10.4 Å². The summed E-state index contributed by atoms with van der Waals surface area (Å²) in [4.78, 5) is 5.19. The molecular formula is C14H29N3O. The Hall–Kier alpha value is -0.160. The number of nitrogens with zero attached hydrogens (tertiary/aromatic N) is 2. The molecule has 2 saturated heterocycles. The van der Waals surface area contributed by atoms with Crippen molar-refractivity contribution in [2.24, 2.45) is 0 Å². The Bertz CT molecular complexity index is 247. The van der Waals surface area contributed by atoms with E-state index in [0.29, 0.717) is 6.04 Å². The molecule has 0 amide bonds. The first-order valence-electron chi connectivity index (χ1n) is 7.52. The molecule has 2 aliphatic rings. The zero-order chi connectivity index (χ0) is 13.0. The molecular weight excluding hydrogens is 226 g/mol. The van der Waals surface area contributed by atoms with Crippen LogP contribution in [0.3, 0.4) is 0 Å². The predicted octanol–water partition coefficient (Wildman–Crippen LogP) is 0.515. The van der Waals surface area contributed by atoms with Crippen LogP contribution >= 0.6 is 0 Å². The largest absolute Gasteiger partial charge is 0.395 e. The van der Waals surface area contributed by atoms with Gasteiger partial charge in [-0.15, -0.1) is 0 Å². The Morgan fingerprint density at radius 1 is 1.22 bits per heavy atom. The lowest BCUT2D eigenvalue weighted by atomic mass is 9.99. The van der Waals surface area contributed by atoms with Crippen molar-refractivity contribution in [2.75, 3.05) is 39.3 Å². The van der Waals surface area contributed by atoms with Gasteiger partial charge in [-0.05, 0) is 19.4 Å². The van der Waals surface area contributed by atoms with E-state index in [-0.39, 0.29) is 12.6 Å². The first-order chi connectivity index (χ1) is 8.69. The zero-order valence-corrected chi connectivity index (χ0v) is 11.9. The molecule has 2 N–H and O–H groups in total. The Morgan fingerprint density at radius 2 is 2.06 bits per heavy atom. The molecule has 0 aromatic heterocycles. The molecule has 0 aromatic rings. The minimum absolute atomic E-state index is 0.222. The molecule has 0 spiro atoms. The average molecular weight is 255 g/mol. The van der Waals surface area contributed by atoms with Crippen molar-refractivity contribution in [3.05, 3.63) is 0 Å². The van der Waals surface area contributed by atoms with Gasteiger partial charge in [-0.25, -0.2) is 0 Å². The number of aliphatic hydroxyl groups excluding tert-OH is 1. The van der Waals surface area contributed by atoms with Gasteiger partial charge in [0.2, 0.25) is 0 Å². The normalized spacial score (nSPS) is 28.3. The number of fused-ring (bicyclic) bond motifs is 1. The lowest BCUT2D eigenvalue weighted by Crippen LogP contribution is -2.57. The van der Waals surface area contributed by atoms with E-state index < -0.39 is 0 Å². The summed E-state index contributed by atoms with van der Waals surface area (Å²) in [5.74, 6) is 0. The number of nitrogens with one attached hydrogen (secondary N) is 1. The second kappa shape index (κ2) is 6.85. The fraction of sp³-hybridized carbons (Fsp3) is 1.00. The summed E-state index contributed by atoms with van der Waals surface area (Å²) in [6.45, 7) is 10.4. The smallest absolute Gasteiger partial charge is 0.0597 e. The summed E-state index contributed by atoms with van der Waals surface area (Å²) < 4.78 is 0. The molecule has 0 radical (unpaired) electrons. The molecule has 0 saturated carbocycles. The SMILES string of the molecule is CC(C)NC(CO)CN1CCN2CCCCC2C1. The first kappa shape index (κ1) is 14.3. The molecule has 2 aliphatic heterocycles. The fourth-order valence-electron chi connectivity index (χ4n) is 3.33. The van der Waals surface area contributed by atoms with E-state index in [1.807, 2.05) is 0 Å². The summed E-state index contributed by atoms with van der Waals surface area (Å²) in [6, 6.07) is 1.43. The van der Waals surface area contributed by atoms with Crippen molar-refractivity contribution >= 4 is 0 Å². The Kier molecular flexibility index (Phi) is 5.42. The van der Waals surface area contributed by atoms with E-state index in [4.69, 9.17) is 0 Å². The highest BCUT2D eigenvalue weighted by Gasteiger charge is 2.29. The molecule has 2 atom stereocenters. The number of hydrogen-bond acceptors (Lipinski definition) is 4. The van der Waals surface area contributed by atoms with Crippen molar-refractivity contribution in [1.82, 2.24) is 15.1 Å². The Labute approximate surface area is 111 Å². The van der Waals surface area contributed by atoms with Crippen molar-refractivity contribution in [3.63, 3.8) is 0 Å². The van der Waals surface area contributed by atoms with Crippen LogP contribution in [0.2, 0.25) is 0 Å². The maximum Gasteiger partial charge on any atom is 0.0597 e. The third-order valence-electron chi connectivity index (χ3n) is 4.19. The van der Waals surface area contributed by atoms with Crippen LogP contribution in [0.15, 0.2) is 0 Å². The molecule has 2 fully saturated rings. The summed E-state index contributed by atoms with van der Waals surface area (Å²) in [5, 5.41) is 12.9. The van der Waals surface area contributed by atoms with Gasteiger partial charge in [-0.2, -0.15) is 0 Å². The maximum absolute atomic E-state index is 9.44. The molecule has 4 heteroatoms. The van der Waals surface area contributed by atoms with E-state index in [2.05, 4.69) is 29.0 Å². The number of piperidine rings is 1. The molecule has 2 rings (SSSR count). The number of hydrogen-bond donors (Lipinski definition) is 2. The Balaban J connectivity index is 1.79. The van der Waals surface area contributed by atoms with Gasteiger partial charge in [0.05, 0.1) is 6.61 Å². The standard InChI is InChI=1S/C14H29N3O/c1-12(2)15-13(11-18)9-16-7-8-17-6-4-3-5-14(17)10-16/h12-15,18H,3-11H2,1-2H3. The molecule has 0 bridgehead atoms. The molecule has 2 unspecified atom stereocenters. The lowest BCUT2D eigenvalue weighted by Gasteiger charge is -2.44. The van der Waals surface area contributed by atoms with Crippen LogP contribution in [-0.4, -0.2) is 72.4 Å². The molecule has 0 aromatic carbocycles. The van der Waals surface area contributed by atoms with Gasteiger partial charge in [-0.3, -0.25) is 9.80 Å². The monoisotopic (exact) mass is 255 g/mol. The van der Waals surface area contributed by atoms with E-state index in [9.17, 15) is 5.11 Å². The lowest BCUT2D eigenvalue weighted by molar-refractivity contribution is 0.0400. The second-order valence-corrected chi connectivity index (χ2v) is 6.15. The second-order valence-electron chi connectivity index (χ2n) is 6.15. The van der Waals surface area contributed by atoms with Crippen LogP contribution in [0, 0.1) is 0 Å². The van der Waals surface area contributed by atoms with Crippen LogP contribution in [0.1, 0.15) is 33.1 Å². The van der Waals surface area contributed by atoms with Crippen LogP contribution in [0.5, 0.6) is 0 Å². The quantitative estimate of drug-likeness (QED) is 0.751. The molecule has 4 nitrogen and oxygen atoms in total. The van der Waals surface area contributed by atoms with Crippen molar-refractivity contribution in [1.29, 1.82) is 0 Å². The number of rotatable bonds is 5. The summed E-state index contributed by atoms with van der Waals surface area (Å²) in [7, 11) is 0. The highest BCUT2D eigenvalue weighted by molar-refractivity contribution is 4.86. The number of piperazine rings is 1. The van der Waals surface area contributed by atoms with Gasteiger partial charge in [0.1, 0.15) is 0 Å². The van der Waals surface area contributed by atoms with Gasteiger partial charge in [0, 0.05) is 44.3 Å². The van der Waals surface area contributed by atoms with Gasteiger partial charge >= 0.3 is 0 Å². The van der Waals surface area contributed by atoms with Crippen molar-refractivity contribution in [2.45, 2.75) is 51.2 Å². The highest BCUT2D eigenvalue weighted by atomic mass is 16.3. The van der Waals surface area contributed by atoms with Crippen LogP contribution in [-0.2, 0) is 0 Å². The summed E-state index contributed by atoms with van der Waals surface area (Å²) >= 11 is 0. The van der Waals surface area contributed by atoms with Crippen LogP contribution in [0.4, 0.5) is 0 Å². The van der Waals surface area contributed by atoms with Crippen LogP contribution < -0.4 is 5.32 Å². The molecule has 18 heavy (non-hydrogen) atoms. The number of aliphatic hydroxyl groups is 1. The van der Waals surface area contributed by atoms with Crippen molar-refractivity contribution < 1.29 is 5.11 Å². The average Bonchev–Trinajstić information content (AvgIpc) is 2.37. The summed E-state index contributed by atoms with van der Waals surface area (Å²) in [6.07, 6.45) is 4.13. The molecule has 106 valence electrons.